The van der Waals surface area contributed by atoms with Crippen LogP contribution in [0.3, 0.4) is 0 Å². The van der Waals surface area contributed by atoms with Crippen LogP contribution in [0.4, 0.5) is 5.69 Å². The van der Waals surface area contributed by atoms with Crippen molar-refractivity contribution in [1.82, 2.24) is 0 Å². The van der Waals surface area contributed by atoms with Crippen LogP contribution in [0.1, 0.15) is 26.3 Å². The van der Waals surface area contributed by atoms with Crippen molar-refractivity contribution in [2.45, 2.75) is 20.8 Å². The molecule has 1 aromatic rings. The lowest BCUT2D eigenvalue weighted by atomic mass is 9.75. The van der Waals surface area contributed by atoms with Crippen LogP contribution < -0.4 is 4.90 Å². The van der Waals surface area contributed by atoms with E-state index < -0.39 is 5.41 Å². The Morgan fingerprint density at radius 2 is 1.54 bits per heavy atom. The molecule has 0 N–H and O–H groups in total. The van der Waals surface area contributed by atoms with Crippen LogP contribution in [-0.2, 0) is 4.74 Å². The molecule has 0 fully saturated rings. The van der Waals surface area contributed by atoms with Crippen molar-refractivity contribution in [2.75, 3.05) is 19.0 Å². The molecule has 0 saturated carbocycles. The summed E-state index contributed by atoms with van der Waals surface area (Å²) in [6.45, 7) is 5.33. The predicted molar refractivity (Wildman–Crippen MR) is 95.6 cm³/mol. The zero-order chi connectivity index (χ0) is 17.9. The molecule has 1 heterocycles. The van der Waals surface area contributed by atoms with Crippen molar-refractivity contribution in [3.8, 4) is 12.1 Å². The molecule has 0 spiro atoms. The average molecular weight is 319 g/mol. The van der Waals surface area contributed by atoms with Crippen LogP contribution in [0.25, 0.3) is 6.08 Å². The van der Waals surface area contributed by atoms with Gasteiger partial charge in [-0.15, -0.1) is 0 Å². The number of anilines is 1. The molecule has 0 radical (unpaired) electrons. The quantitative estimate of drug-likeness (QED) is 0.828. The van der Waals surface area contributed by atoms with Crippen LogP contribution in [0.2, 0.25) is 0 Å². The lowest BCUT2D eigenvalue weighted by molar-refractivity contribution is 0.287. The highest BCUT2D eigenvalue weighted by molar-refractivity contribution is 5.59. The van der Waals surface area contributed by atoms with Gasteiger partial charge in [0.15, 0.2) is 5.41 Å². The van der Waals surface area contributed by atoms with Crippen molar-refractivity contribution in [2.24, 2.45) is 5.41 Å². The van der Waals surface area contributed by atoms with Crippen molar-refractivity contribution < 1.29 is 4.74 Å². The van der Waals surface area contributed by atoms with E-state index in [2.05, 4.69) is 12.1 Å². The molecule has 0 amide bonds. The SMILES string of the molecule is CC1=C(C)C(C#N)(C#N)C(C)=C(C=Cc2ccc(N(C)C)cc2)O1. The number of hydrogen-bond acceptors (Lipinski definition) is 4. The van der Waals surface area contributed by atoms with Crippen LogP contribution in [0.5, 0.6) is 0 Å². The minimum Gasteiger partial charge on any atom is -0.462 e. The molecule has 1 aromatic carbocycles. The Kier molecular flexibility index (Phi) is 4.81. The van der Waals surface area contributed by atoms with E-state index in [9.17, 15) is 10.5 Å². The van der Waals surface area contributed by atoms with Gasteiger partial charge in [0.05, 0.1) is 12.1 Å². The van der Waals surface area contributed by atoms with Crippen molar-refractivity contribution >= 4 is 11.8 Å². The first-order valence-electron chi connectivity index (χ1n) is 7.71. The van der Waals surface area contributed by atoms with Crippen molar-refractivity contribution in [3.63, 3.8) is 0 Å². The molecule has 2 rings (SSSR count). The minimum absolute atomic E-state index is 0.554. The highest BCUT2D eigenvalue weighted by Crippen LogP contribution is 2.42. The van der Waals surface area contributed by atoms with Gasteiger partial charge in [0, 0.05) is 30.9 Å². The normalized spacial score (nSPS) is 16.6. The maximum absolute atomic E-state index is 9.56. The Morgan fingerprint density at radius 1 is 0.958 bits per heavy atom. The van der Waals surface area contributed by atoms with Gasteiger partial charge in [-0.05, 0) is 44.5 Å². The molecule has 0 aromatic heterocycles. The van der Waals surface area contributed by atoms with E-state index in [1.165, 1.54) is 0 Å². The second-order valence-corrected chi connectivity index (χ2v) is 6.07. The second kappa shape index (κ2) is 6.64. The number of benzene rings is 1. The summed E-state index contributed by atoms with van der Waals surface area (Å²) in [6.07, 6.45) is 3.74. The average Bonchev–Trinajstić information content (AvgIpc) is 2.59. The Bertz CT molecular complexity index is 798. The van der Waals surface area contributed by atoms with Gasteiger partial charge in [0.1, 0.15) is 11.5 Å². The van der Waals surface area contributed by atoms with E-state index in [0.29, 0.717) is 22.7 Å². The summed E-state index contributed by atoms with van der Waals surface area (Å²) in [5.41, 5.74) is 2.16. The van der Waals surface area contributed by atoms with Gasteiger partial charge in [0.25, 0.3) is 0 Å². The number of ether oxygens (including phenoxy) is 1. The summed E-state index contributed by atoms with van der Waals surface area (Å²) in [6, 6.07) is 12.4. The zero-order valence-electron chi connectivity index (χ0n) is 14.7. The molecule has 0 bridgehead atoms. The van der Waals surface area contributed by atoms with E-state index in [4.69, 9.17) is 4.74 Å². The van der Waals surface area contributed by atoms with Gasteiger partial charge in [-0.3, -0.25) is 0 Å². The number of hydrogen-bond donors (Lipinski definition) is 0. The van der Waals surface area contributed by atoms with Gasteiger partial charge in [-0.2, -0.15) is 10.5 Å². The summed E-state index contributed by atoms with van der Waals surface area (Å²) in [5, 5.41) is 19.1. The van der Waals surface area contributed by atoms with Crippen molar-refractivity contribution in [3.05, 3.63) is 58.6 Å². The Morgan fingerprint density at radius 3 is 2.04 bits per heavy atom. The van der Waals surface area contributed by atoms with Crippen LogP contribution >= 0.6 is 0 Å². The topological polar surface area (TPSA) is 60.0 Å². The standard InChI is InChI=1S/C20H21N3O/c1-14-16(3)24-19(15(2)20(14,12-21)13-22)11-8-17-6-9-18(10-7-17)23(4)5/h6-11H,1-5H3. The number of rotatable bonds is 3. The summed E-state index contributed by atoms with van der Waals surface area (Å²) < 4.78 is 5.82. The molecule has 0 saturated heterocycles. The van der Waals surface area contributed by atoms with E-state index in [1.807, 2.05) is 55.4 Å². The van der Waals surface area contributed by atoms with E-state index >= 15 is 0 Å². The third-order valence-electron chi connectivity index (χ3n) is 4.46. The maximum atomic E-state index is 9.56. The highest BCUT2D eigenvalue weighted by Gasteiger charge is 2.41. The first-order chi connectivity index (χ1) is 11.4. The molecule has 24 heavy (non-hydrogen) atoms. The fourth-order valence-corrected chi connectivity index (χ4v) is 2.62. The molecule has 4 nitrogen and oxygen atoms in total. The molecule has 4 heteroatoms. The monoisotopic (exact) mass is 319 g/mol. The fraction of sp³-hybridized carbons (Fsp3) is 0.300. The Hall–Kier alpha value is -2.98. The van der Waals surface area contributed by atoms with Crippen LogP contribution in [0, 0.1) is 28.1 Å². The van der Waals surface area contributed by atoms with E-state index in [1.54, 1.807) is 20.8 Å². The summed E-state index contributed by atoms with van der Waals surface area (Å²) in [5.74, 6) is 1.16. The number of nitriles is 2. The van der Waals surface area contributed by atoms with Gasteiger partial charge in [0.2, 0.25) is 0 Å². The summed E-state index contributed by atoms with van der Waals surface area (Å²) >= 11 is 0. The first kappa shape index (κ1) is 17.4. The first-order valence-corrected chi connectivity index (χ1v) is 7.71. The summed E-state index contributed by atoms with van der Waals surface area (Å²) in [4.78, 5) is 2.04. The van der Waals surface area contributed by atoms with Crippen LogP contribution in [-0.4, -0.2) is 14.1 Å². The van der Waals surface area contributed by atoms with Gasteiger partial charge < -0.3 is 9.64 Å². The molecule has 0 atom stereocenters. The third-order valence-corrected chi connectivity index (χ3v) is 4.46. The Balaban J connectivity index is 2.37. The number of nitrogens with zero attached hydrogens (tertiary/aromatic N) is 3. The smallest absolute Gasteiger partial charge is 0.192 e. The lowest BCUT2D eigenvalue weighted by Gasteiger charge is -2.29. The third kappa shape index (κ3) is 2.92. The van der Waals surface area contributed by atoms with Crippen molar-refractivity contribution in [1.29, 1.82) is 10.5 Å². The molecular weight excluding hydrogens is 298 g/mol. The Labute approximate surface area is 143 Å². The largest absolute Gasteiger partial charge is 0.462 e. The van der Waals surface area contributed by atoms with Crippen LogP contribution in [0.15, 0.2) is 53.0 Å². The minimum atomic E-state index is -1.25. The molecular formula is C20H21N3O. The maximum Gasteiger partial charge on any atom is 0.192 e. The van der Waals surface area contributed by atoms with Gasteiger partial charge in [-0.1, -0.05) is 18.2 Å². The molecule has 122 valence electrons. The van der Waals surface area contributed by atoms with Gasteiger partial charge in [-0.25, -0.2) is 0 Å². The molecule has 0 unspecified atom stereocenters. The van der Waals surface area contributed by atoms with Gasteiger partial charge >= 0.3 is 0 Å². The fourth-order valence-electron chi connectivity index (χ4n) is 2.62. The highest BCUT2D eigenvalue weighted by atomic mass is 16.5. The second-order valence-electron chi connectivity index (χ2n) is 6.07. The summed E-state index contributed by atoms with van der Waals surface area (Å²) in [7, 11) is 3.99. The molecule has 1 aliphatic heterocycles. The predicted octanol–water partition coefficient (Wildman–Crippen LogP) is 4.40. The zero-order valence-corrected chi connectivity index (χ0v) is 14.7. The van der Waals surface area contributed by atoms with E-state index in [0.717, 1.165) is 11.3 Å². The molecule has 1 aliphatic rings. The van der Waals surface area contributed by atoms with E-state index in [-0.39, 0.29) is 0 Å². The number of allylic oxidation sites excluding steroid dienone is 4. The lowest BCUT2D eigenvalue weighted by Crippen LogP contribution is -2.26. The molecule has 0 aliphatic carbocycles.